The molecule has 1 aromatic heterocycles. The Morgan fingerprint density at radius 1 is 0.694 bits per heavy atom. The highest BCUT2D eigenvalue weighted by molar-refractivity contribution is 6.51. The molecule has 7 nitrogen and oxygen atoms in total. The van der Waals surface area contributed by atoms with Gasteiger partial charge >= 0.3 is 5.97 Å². The molecule has 0 atom stereocenters. The maximum absolute atomic E-state index is 11.6. The van der Waals surface area contributed by atoms with Crippen LogP contribution >= 0.6 is 0 Å². The van der Waals surface area contributed by atoms with Crippen LogP contribution in [0.3, 0.4) is 0 Å². The molecule has 1 aliphatic heterocycles. The first-order valence-corrected chi connectivity index (χ1v) is 17.0. The standard InChI is InChI=1S/C17H13NO2.C9H10O.C8H5NO2.4C2H6/c19-17(20)16-13(10-12-6-2-1-3-7-12)11-18-15-9-5-4-8-14(15)16;10-8-4-7-9-5-2-1-3-6-9;10-7-5-3-1-2-4-6(5)9-8(7)11;4*1-2/h1-9,11H,10H2,(H,19,20);1-3,5-6,8H,4,7H2;1-4H,(H,9,10,11);4*1-2H3. The first kappa shape index (κ1) is 43.6. The number of carbonyl (C=O) groups excluding carboxylic acids is 3. The number of aromatic carboxylic acids is 1. The van der Waals surface area contributed by atoms with Crippen molar-refractivity contribution < 1.29 is 24.3 Å². The molecular formula is C42H52N2O5. The lowest BCUT2D eigenvalue weighted by molar-refractivity contribution is -0.112. The summed E-state index contributed by atoms with van der Waals surface area (Å²) in [5.74, 6) is -1.89. The molecule has 7 heteroatoms. The van der Waals surface area contributed by atoms with E-state index in [9.17, 15) is 24.3 Å². The van der Waals surface area contributed by atoms with Crippen LogP contribution in [-0.2, 0) is 22.4 Å². The summed E-state index contributed by atoms with van der Waals surface area (Å²) in [5.41, 5.74) is 5.19. The van der Waals surface area contributed by atoms with Crippen molar-refractivity contribution in [1.82, 2.24) is 4.98 Å². The monoisotopic (exact) mass is 664 g/mol. The number of ketones is 1. The third kappa shape index (κ3) is 14.5. The van der Waals surface area contributed by atoms with Crippen LogP contribution in [-0.4, -0.2) is 34.0 Å². The molecule has 0 aliphatic carbocycles. The van der Waals surface area contributed by atoms with Gasteiger partial charge in [0.1, 0.15) is 6.29 Å². The van der Waals surface area contributed by atoms with Crippen molar-refractivity contribution in [3.63, 3.8) is 0 Å². The van der Waals surface area contributed by atoms with E-state index >= 15 is 0 Å². The number of nitrogens with one attached hydrogen (secondary N) is 1. The van der Waals surface area contributed by atoms with E-state index in [1.165, 1.54) is 5.56 Å². The van der Waals surface area contributed by atoms with Gasteiger partial charge in [-0.2, -0.15) is 0 Å². The predicted molar refractivity (Wildman–Crippen MR) is 204 cm³/mol. The van der Waals surface area contributed by atoms with Gasteiger partial charge in [0.05, 0.1) is 22.3 Å². The fraction of sp³-hybridized carbons (Fsp3) is 0.262. The van der Waals surface area contributed by atoms with E-state index in [-0.39, 0.29) is 0 Å². The highest BCUT2D eigenvalue weighted by atomic mass is 16.4. The van der Waals surface area contributed by atoms with Crippen LogP contribution in [0.4, 0.5) is 5.69 Å². The molecule has 0 radical (unpaired) electrons. The molecular weight excluding hydrogens is 612 g/mol. The average molecular weight is 665 g/mol. The van der Waals surface area contributed by atoms with Crippen LogP contribution in [0.15, 0.2) is 115 Å². The second-order valence-corrected chi connectivity index (χ2v) is 9.16. The summed E-state index contributed by atoms with van der Waals surface area (Å²) < 4.78 is 0. The summed E-state index contributed by atoms with van der Waals surface area (Å²) in [4.78, 5) is 47.7. The van der Waals surface area contributed by atoms with E-state index < -0.39 is 17.7 Å². The van der Waals surface area contributed by atoms with Crippen LogP contribution in [0.1, 0.15) is 99.2 Å². The number of carbonyl (C=O) groups is 4. The minimum absolute atomic E-state index is 0.347. The third-order valence-electron chi connectivity index (χ3n) is 6.33. The van der Waals surface area contributed by atoms with Crippen LogP contribution in [0.5, 0.6) is 0 Å². The van der Waals surface area contributed by atoms with Crippen molar-refractivity contribution in [3.05, 3.63) is 143 Å². The largest absolute Gasteiger partial charge is 0.478 e. The number of pyridine rings is 1. The third-order valence-corrected chi connectivity index (χ3v) is 6.33. The molecule has 0 spiro atoms. The van der Waals surface area contributed by atoms with Gasteiger partial charge in [0.25, 0.3) is 11.7 Å². The average Bonchev–Trinajstić information content (AvgIpc) is 3.47. The highest BCUT2D eigenvalue weighted by Crippen LogP contribution is 2.23. The van der Waals surface area contributed by atoms with E-state index in [0.717, 1.165) is 23.8 Å². The summed E-state index contributed by atoms with van der Waals surface area (Å²) >= 11 is 0. The number of anilines is 1. The van der Waals surface area contributed by atoms with Crippen molar-refractivity contribution in [1.29, 1.82) is 0 Å². The smallest absolute Gasteiger partial charge is 0.336 e. The molecule has 2 N–H and O–H groups in total. The number of amides is 1. The van der Waals surface area contributed by atoms with Crippen molar-refractivity contribution >= 4 is 40.5 Å². The van der Waals surface area contributed by atoms with Crippen molar-refractivity contribution in [2.45, 2.75) is 74.7 Å². The molecule has 5 aromatic rings. The van der Waals surface area contributed by atoms with Gasteiger partial charge < -0.3 is 15.2 Å². The van der Waals surface area contributed by atoms with Crippen LogP contribution in [0.2, 0.25) is 0 Å². The van der Waals surface area contributed by atoms with Crippen molar-refractivity contribution in [2.24, 2.45) is 0 Å². The topological polar surface area (TPSA) is 113 Å². The lowest BCUT2D eigenvalue weighted by atomic mass is 9.98. The van der Waals surface area contributed by atoms with Crippen LogP contribution in [0, 0.1) is 0 Å². The first-order chi connectivity index (χ1) is 24.0. The Labute approximate surface area is 292 Å². The molecule has 0 saturated heterocycles. The molecule has 0 bridgehead atoms. The molecule has 2 heterocycles. The Morgan fingerprint density at radius 3 is 1.76 bits per heavy atom. The molecule has 49 heavy (non-hydrogen) atoms. The zero-order chi connectivity index (χ0) is 37.0. The fourth-order valence-electron chi connectivity index (χ4n) is 4.35. The Balaban J connectivity index is 0.000000680. The number of fused-ring (bicyclic) bond motifs is 2. The van der Waals surface area contributed by atoms with Crippen molar-refractivity contribution in [3.8, 4) is 0 Å². The Bertz CT molecular complexity index is 1670. The molecule has 0 saturated carbocycles. The van der Waals surface area contributed by atoms with Gasteiger partial charge in [0.2, 0.25) is 0 Å². The number of nitrogens with zero attached hydrogens (tertiary/aromatic N) is 1. The summed E-state index contributed by atoms with van der Waals surface area (Å²) in [5, 5.41) is 12.7. The number of carboxylic acid groups (broad SMARTS) is 1. The Hall–Kier alpha value is -5.43. The van der Waals surface area contributed by atoms with Gasteiger partial charge in [-0.3, -0.25) is 14.6 Å². The summed E-state index contributed by atoms with van der Waals surface area (Å²) in [6.07, 6.45) is 4.68. The second kappa shape index (κ2) is 26.6. The number of rotatable bonds is 6. The number of para-hydroxylation sites is 2. The highest BCUT2D eigenvalue weighted by Gasteiger charge is 2.26. The van der Waals surface area contributed by atoms with Gasteiger partial charge in [-0.25, -0.2) is 4.79 Å². The summed E-state index contributed by atoms with van der Waals surface area (Å²) in [6.45, 7) is 16.0. The number of aldehydes is 1. The number of benzene rings is 4. The molecule has 4 aromatic carbocycles. The Kier molecular flexibility index (Phi) is 23.7. The minimum Gasteiger partial charge on any atom is -0.478 e. The first-order valence-electron chi connectivity index (χ1n) is 17.0. The second-order valence-electron chi connectivity index (χ2n) is 9.16. The maximum Gasteiger partial charge on any atom is 0.336 e. The number of aryl methyl sites for hydroxylation is 1. The Morgan fingerprint density at radius 2 is 1.20 bits per heavy atom. The molecule has 1 amide bonds. The predicted octanol–water partition coefficient (Wildman–Crippen LogP) is 10.3. The van der Waals surface area contributed by atoms with Gasteiger partial charge in [0, 0.05) is 18.0 Å². The lowest BCUT2D eigenvalue weighted by Gasteiger charge is -2.09. The summed E-state index contributed by atoms with van der Waals surface area (Å²) in [6, 6.07) is 34.0. The van der Waals surface area contributed by atoms with E-state index in [0.29, 0.717) is 40.6 Å². The number of hydrogen-bond donors (Lipinski definition) is 2. The van der Waals surface area contributed by atoms with Gasteiger partial charge in [0.15, 0.2) is 0 Å². The van der Waals surface area contributed by atoms with Crippen molar-refractivity contribution in [2.75, 3.05) is 5.32 Å². The van der Waals surface area contributed by atoms with Gasteiger partial charge in [-0.1, -0.05) is 146 Å². The van der Waals surface area contributed by atoms with E-state index in [1.54, 1.807) is 36.5 Å². The quantitative estimate of drug-likeness (QED) is 0.138. The number of carboxylic acids is 1. The normalized spacial score (nSPS) is 9.96. The summed E-state index contributed by atoms with van der Waals surface area (Å²) in [7, 11) is 0. The SMILES string of the molecule is CC.CC.CC.CC.O=C(O)c1c(Cc2ccccc2)cnc2ccccc12.O=C1Nc2ccccc2C1=O.O=CCCc1ccccc1. The van der Waals surface area contributed by atoms with E-state index in [4.69, 9.17) is 0 Å². The zero-order valence-electron chi connectivity index (χ0n) is 30.2. The van der Waals surface area contributed by atoms with Gasteiger partial charge in [-0.05, 0) is 47.7 Å². The number of aromatic nitrogens is 1. The lowest BCUT2D eigenvalue weighted by Crippen LogP contribution is -2.12. The minimum atomic E-state index is -0.908. The molecule has 6 rings (SSSR count). The molecule has 260 valence electrons. The zero-order valence-corrected chi connectivity index (χ0v) is 30.2. The van der Waals surface area contributed by atoms with E-state index in [1.807, 2.05) is 134 Å². The molecule has 0 fully saturated rings. The fourth-order valence-corrected chi connectivity index (χ4v) is 4.35. The maximum atomic E-state index is 11.6. The number of hydrogen-bond acceptors (Lipinski definition) is 5. The van der Waals surface area contributed by atoms with E-state index in [2.05, 4.69) is 10.3 Å². The van der Waals surface area contributed by atoms with Gasteiger partial charge in [-0.15, -0.1) is 0 Å². The van der Waals surface area contributed by atoms with Crippen LogP contribution in [0.25, 0.3) is 10.9 Å². The number of Topliss-reactive ketones (excluding diaryl/α,β-unsaturated/α-hetero) is 1. The molecule has 0 unspecified atom stereocenters. The van der Waals surface area contributed by atoms with Crippen LogP contribution < -0.4 is 5.32 Å². The molecule has 1 aliphatic rings.